The number of nitriles is 1. The zero-order valence-corrected chi connectivity index (χ0v) is 13.0. The van der Waals surface area contributed by atoms with Gasteiger partial charge in [0.15, 0.2) is 6.04 Å². The number of piperidine rings is 1. The van der Waals surface area contributed by atoms with Crippen molar-refractivity contribution in [3.05, 3.63) is 17.3 Å². The van der Waals surface area contributed by atoms with E-state index in [0.717, 1.165) is 29.7 Å². The molecule has 3 nitrogen and oxygen atoms in total. The first kappa shape index (κ1) is 12.0. The molecule has 0 N–H and O–H groups in total. The van der Waals surface area contributed by atoms with Gasteiger partial charge in [-0.2, -0.15) is 9.83 Å². The van der Waals surface area contributed by atoms with Crippen LogP contribution in [0, 0.1) is 11.3 Å². The highest BCUT2D eigenvalue weighted by molar-refractivity contribution is 9.09. The predicted octanol–water partition coefficient (Wildman–Crippen LogP) is 2.58. The van der Waals surface area contributed by atoms with Crippen LogP contribution in [0.2, 0.25) is 0 Å². The second kappa shape index (κ2) is 4.39. The Morgan fingerprint density at radius 2 is 2.26 bits per heavy atom. The highest BCUT2D eigenvalue weighted by Crippen LogP contribution is 2.44. The van der Waals surface area contributed by atoms with Crippen LogP contribution in [0.25, 0.3) is 0 Å². The lowest BCUT2D eigenvalue weighted by atomic mass is 9.85. The SMILES string of the molecule is N#Cc1cc2c([n+]3c1SC[C@H]3CBr)C1CCN2CC1. The van der Waals surface area contributed by atoms with Crippen LogP contribution >= 0.6 is 27.7 Å². The normalized spacial score (nSPS) is 24.2. The van der Waals surface area contributed by atoms with Crippen LogP contribution in [0.5, 0.6) is 0 Å². The zero-order chi connectivity index (χ0) is 13.0. The van der Waals surface area contributed by atoms with Crippen LogP contribution < -0.4 is 9.47 Å². The van der Waals surface area contributed by atoms with E-state index in [0.29, 0.717) is 12.0 Å². The lowest BCUT2D eigenvalue weighted by molar-refractivity contribution is -0.750. The summed E-state index contributed by atoms with van der Waals surface area (Å²) < 4.78 is 2.48. The van der Waals surface area contributed by atoms with Crippen molar-refractivity contribution in [2.45, 2.75) is 29.8 Å². The van der Waals surface area contributed by atoms with E-state index in [1.165, 1.54) is 29.2 Å². The maximum atomic E-state index is 9.43. The topological polar surface area (TPSA) is 30.9 Å². The van der Waals surface area contributed by atoms with Crippen molar-refractivity contribution in [1.82, 2.24) is 0 Å². The lowest BCUT2D eigenvalue weighted by Gasteiger charge is -2.40. The largest absolute Gasteiger partial charge is 0.366 e. The van der Waals surface area contributed by atoms with Gasteiger partial charge in [-0.15, -0.1) is 0 Å². The molecule has 5 rings (SSSR count). The summed E-state index contributed by atoms with van der Waals surface area (Å²) in [5, 5.41) is 11.6. The Labute approximate surface area is 125 Å². The highest BCUT2D eigenvalue weighted by Gasteiger charge is 2.45. The van der Waals surface area contributed by atoms with Gasteiger partial charge >= 0.3 is 0 Å². The quantitative estimate of drug-likeness (QED) is 0.583. The minimum atomic E-state index is 0.502. The number of anilines is 1. The van der Waals surface area contributed by atoms with Crippen LogP contribution in [-0.2, 0) is 0 Å². The molecular formula is C14H15BrN3S+. The molecule has 5 heteroatoms. The van der Waals surface area contributed by atoms with Crippen molar-refractivity contribution < 1.29 is 4.57 Å². The van der Waals surface area contributed by atoms with Crippen molar-refractivity contribution in [1.29, 1.82) is 5.26 Å². The van der Waals surface area contributed by atoms with E-state index >= 15 is 0 Å². The number of halogens is 1. The van der Waals surface area contributed by atoms with E-state index in [1.54, 1.807) is 0 Å². The zero-order valence-electron chi connectivity index (χ0n) is 10.6. The molecular weight excluding hydrogens is 322 g/mol. The summed E-state index contributed by atoms with van der Waals surface area (Å²) in [6.07, 6.45) is 2.55. The number of rotatable bonds is 1. The summed E-state index contributed by atoms with van der Waals surface area (Å²) in [5.41, 5.74) is 3.69. The van der Waals surface area contributed by atoms with Crippen molar-refractivity contribution >= 4 is 33.4 Å². The number of thioether (sulfide) groups is 1. The van der Waals surface area contributed by atoms with Crippen LogP contribution in [0.3, 0.4) is 0 Å². The Hall–Kier alpha value is -0.730. The van der Waals surface area contributed by atoms with Crippen LogP contribution in [0.4, 0.5) is 5.69 Å². The predicted molar refractivity (Wildman–Crippen MR) is 79.1 cm³/mol. The fourth-order valence-corrected chi connectivity index (χ4v) is 5.73. The average Bonchev–Trinajstić information content (AvgIpc) is 2.91. The van der Waals surface area contributed by atoms with Crippen LogP contribution in [0.15, 0.2) is 11.1 Å². The van der Waals surface area contributed by atoms with Gasteiger partial charge in [0.05, 0.1) is 11.1 Å². The molecule has 1 aromatic heterocycles. The summed E-state index contributed by atoms with van der Waals surface area (Å²) in [6, 6.07) is 5.04. The first-order valence-corrected chi connectivity index (χ1v) is 8.90. The van der Waals surface area contributed by atoms with Gasteiger partial charge in [-0.05, 0) is 30.7 Å². The highest BCUT2D eigenvalue weighted by atomic mass is 79.9. The van der Waals surface area contributed by atoms with Crippen LogP contribution in [0.1, 0.15) is 36.1 Å². The van der Waals surface area contributed by atoms with E-state index in [9.17, 15) is 5.26 Å². The standard InChI is InChI=1S/C14H15BrN3S/c15-6-11-8-19-14-10(7-16)5-12-13(18(11)14)9-1-3-17(12)4-2-9/h5,9,11H,1-4,6,8H2/q+1/t11-/m1/s1. The molecule has 5 heterocycles. The molecule has 0 saturated carbocycles. The molecule has 4 aliphatic rings. The molecule has 1 fully saturated rings. The van der Waals surface area contributed by atoms with Gasteiger partial charge in [-0.3, -0.25) is 0 Å². The maximum Gasteiger partial charge on any atom is 0.258 e. The number of fused-ring (bicyclic) bond motifs is 3. The van der Waals surface area contributed by atoms with Gasteiger partial charge in [0.25, 0.3) is 5.03 Å². The summed E-state index contributed by atoms with van der Waals surface area (Å²) in [7, 11) is 0. The van der Waals surface area contributed by atoms with Crippen LogP contribution in [-0.4, -0.2) is 24.2 Å². The van der Waals surface area contributed by atoms with Crippen molar-refractivity contribution in [3.63, 3.8) is 0 Å². The summed E-state index contributed by atoms with van der Waals surface area (Å²) >= 11 is 5.49. The summed E-state index contributed by atoms with van der Waals surface area (Å²) in [6.45, 7) is 2.32. The van der Waals surface area contributed by atoms with Gasteiger partial charge < -0.3 is 4.90 Å². The van der Waals surface area contributed by atoms with E-state index in [1.807, 2.05) is 11.8 Å². The minimum Gasteiger partial charge on any atom is -0.366 e. The smallest absolute Gasteiger partial charge is 0.258 e. The minimum absolute atomic E-state index is 0.502. The Morgan fingerprint density at radius 1 is 1.47 bits per heavy atom. The van der Waals surface area contributed by atoms with Crippen molar-refractivity contribution in [2.24, 2.45) is 0 Å². The number of alkyl halides is 1. The third kappa shape index (κ3) is 1.59. The molecule has 4 aliphatic heterocycles. The Morgan fingerprint density at radius 3 is 2.95 bits per heavy atom. The number of nitrogens with zero attached hydrogens (tertiary/aromatic N) is 3. The van der Waals surface area contributed by atoms with Crippen molar-refractivity contribution in [2.75, 3.05) is 29.1 Å². The van der Waals surface area contributed by atoms with E-state index in [4.69, 9.17) is 0 Å². The Kier molecular flexibility index (Phi) is 2.78. The Bertz CT molecular complexity index is 587. The van der Waals surface area contributed by atoms with E-state index < -0.39 is 0 Å². The van der Waals surface area contributed by atoms with Gasteiger partial charge in [-0.1, -0.05) is 15.9 Å². The summed E-state index contributed by atoms with van der Waals surface area (Å²) in [5.74, 6) is 1.79. The molecule has 1 saturated heterocycles. The molecule has 2 bridgehead atoms. The number of hydrogen-bond acceptors (Lipinski definition) is 3. The maximum absolute atomic E-state index is 9.43. The second-order valence-corrected chi connectivity index (χ2v) is 7.15. The number of aromatic nitrogens is 1. The second-order valence-electron chi connectivity index (χ2n) is 5.50. The number of pyridine rings is 1. The summed E-state index contributed by atoms with van der Waals surface area (Å²) in [4.78, 5) is 2.47. The fourth-order valence-electron chi connectivity index (χ4n) is 3.64. The third-order valence-electron chi connectivity index (χ3n) is 4.55. The number of hydrogen-bond donors (Lipinski definition) is 0. The molecule has 0 aromatic carbocycles. The molecule has 0 spiro atoms. The average molecular weight is 337 g/mol. The van der Waals surface area contributed by atoms with Gasteiger partial charge in [0.1, 0.15) is 17.3 Å². The molecule has 98 valence electrons. The molecule has 1 aromatic rings. The van der Waals surface area contributed by atoms with Crippen molar-refractivity contribution in [3.8, 4) is 6.07 Å². The first-order chi connectivity index (χ1) is 9.33. The van der Waals surface area contributed by atoms with Gasteiger partial charge in [0.2, 0.25) is 5.69 Å². The molecule has 0 aliphatic carbocycles. The van der Waals surface area contributed by atoms with Gasteiger partial charge in [-0.25, -0.2) is 0 Å². The Balaban J connectivity index is 2.00. The molecule has 1 atom stereocenters. The monoisotopic (exact) mass is 336 g/mol. The van der Waals surface area contributed by atoms with Gasteiger partial charge in [0, 0.05) is 19.0 Å². The molecule has 0 unspecified atom stereocenters. The third-order valence-corrected chi connectivity index (χ3v) is 6.54. The molecule has 0 amide bonds. The lowest BCUT2D eigenvalue weighted by Crippen LogP contribution is -2.51. The van der Waals surface area contributed by atoms with E-state index in [-0.39, 0.29) is 0 Å². The molecule has 0 radical (unpaired) electrons. The molecule has 19 heavy (non-hydrogen) atoms. The fraction of sp³-hybridized carbons (Fsp3) is 0.571. The first-order valence-electron chi connectivity index (χ1n) is 6.79. The van der Waals surface area contributed by atoms with E-state index in [2.05, 4.69) is 37.5 Å².